The van der Waals surface area contributed by atoms with Gasteiger partial charge >= 0.3 is 12.0 Å². The molecule has 3 rings (SSSR count). The molecular formula is C23H27N3O6. The van der Waals surface area contributed by atoms with Crippen molar-refractivity contribution in [2.24, 2.45) is 0 Å². The van der Waals surface area contributed by atoms with Crippen LogP contribution in [0.2, 0.25) is 0 Å². The molecule has 0 radical (unpaired) electrons. The Kier molecular flexibility index (Phi) is 7.43. The molecule has 2 aromatic rings. The first-order valence-corrected chi connectivity index (χ1v) is 10.1. The van der Waals surface area contributed by atoms with Gasteiger partial charge in [0.15, 0.2) is 11.5 Å². The van der Waals surface area contributed by atoms with Gasteiger partial charge in [0.05, 0.1) is 51.8 Å². The molecule has 3 N–H and O–H groups in total. The van der Waals surface area contributed by atoms with Gasteiger partial charge in [-0.25, -0.2) is 9.59 Å². The number of methoxy groups -OCH3 is 3. The first kappa shape index (κ1) is 22.8. The van der Waals surface area contributed by atoms with Gasteiger partial charge in [-0.3, -0.25) is 0 Å². The Morgan fingerprint density at radius 3 is 2.25 bits per heavy atom. The van der Waals surface area contributed by atoms with Crippen LogP contribution in [0.5, 0.6) is 17.2 Å². The Morgan fingerprint density at radius 1 is 1.03 bits per heavy atom. The lowest BCUT2D eigenvalue weighted by Gasteiger charge is -2.29. The van der Waals surface area contributed by atoms with Gasteiger partial charge in [0.2, 0.25) is 5.75 Å². The highest BCUT2D eigenvalue weighted by Crippen LogP contribution is 2.40. The number of carbonyl (C=O) groups is 2. The number of hydrogen-bond donors (Lipinski definition) is 3. The summed E-state index contributed by atoms with van der Waals surface area (Å²) in [4.78, 5) is 25.2. The largest absolute Gasteiger partial charge is 0.493 e. The SMILES string of the molecule is CCOC(=O)C1=C(CNc2cc(OC)c(OC)c(OC)c2)NC(=O)N[C@H]1c1ccccc1. The van der Waals surface area contributed by atoms with E-state index in [1.807, 2.05) is 30.3 Å². The third kappa shape index (κ3) is 4.88. The Labute approximate surface area is 186 Å². The first-order chi connectivity index (χ1) is 15.5. The normalized spacial score (nSPS) is 15.4. The number of amides is 2. The van der Waals surface area contributed by atoms with Gasteiger partial charge in [0.25, 0.3) is 0 Å². The lowest BCUT2D eigenvalue weighted by Crippen LogP contribution is -2.47. The van der Waals surface area contributed by atoms with E-state index in [4.69, 9.17) is 18.9 Å². The second-order valence-electron chi connectivity index (χ2n) is 6.82. The summed E-state index contributed by atoms with van der Waals surface area (Å²) in [6.07, 6.45) is 0. The monoisotopic (exact) mass is 441 g/mol. The number of urea groups is 1. The highest BCUT2D eigenvalue weighted by atomic mass is 16.5. The zero-order chi connectivity index (χ0) is 23.1. The summed E-state index contributed by atoms with van der Waals surface area (Å²) in [6, 6.07) is 11.7. The number of anilines is 1. The van der Waals surface area contributed by atoms with Crippen LogP contribution in [-0.4, -0.2) is 46.5 Å². The van der Waals surface area contributed by atoms with E-state index >= 15 is 0 Å². The van der Waals surface area contributed by atoms with Crippen molar-refractivity contribution in [3.8, 4) is 17.2 Å². The third-order valence-electron chi connectivity index (χ3n) is 4.92. The van der Waals surface area contributed by atoms with Crippen LogP contribution in [0.1, 0.15) is 18.5 Å². The van der Waals surface area contributed by atoms with Crippen LogP contribution in [0.25, 0.3) is 0 Å². The third-order valence-corrected chi connectivity index (χ3v) is 4.92. The van der Waals surface area contributed by atoms with Gasteiger partial charge in [0, 0.05) is 17.8 Å². The highest BCUT2D eigenvalue weighted by Gasteiger charge is 2.33. The zero-order valence-corrected chi connectivity index (χ0v) is 18.5. The van der Waals surface area contributed by atoms with E-state index in [2.05, 4.69) is 16.0 Å². The van der Waals surface area contributed by atoms with Crippen LogP contribution >= 0.6 is 0 Å². The minimum absolute atomic E-state index is 0.156. The molecule has 0 saturated carbocycles. The molecule has 1 aliphatic rings. The maximum Gasteiger partial charge on any atom is 0.338 e. The highest BCUT2D eigenvalue weighted by molar-refractivity contribution is 5.95. The van der Waals surface area contributed by atoms with Crippen molar-refractivity contribution in [2.75, 3.05) is 39.8 Å². The van der Waals surface area contributed by atoms with E-state index in [0.29, 0.717) is 34.2 Å². The Morgan fingerprint density at radius 2 is 1.69 bits per heavy atom. The summed E-state index contributed by atoms with van der Waals surface area (Å²) < 4.78 is 21.4. The number of esters is 1. The Balaban J connectivity index is 1.97. The van der Waals surface area contributed by atoms with E-state index in [1.165, 1.54) is 21.3 Å². The molecule has 0 aromatic heterocycles. The molecule has 0 aliphatic carbocycles. The van der Waals surface area contributed by atoms with Crippen molar-refractivity contribution < 1.29 is 28.5 Å². The number of rotatable bonds is 9. The maximum atomic E-state index is 12.8. The van der Waals surface area contributed by atoms with Gasteiger partial charge in [-0.15, -0.1) is 0 Å². The fraction of sp³-hybridized carbons (Fsp3) is 0.304. The van der Waals surface area contributed by atoms with Gasteiger partial charge in [0.1, 0.15) is 0 Å². The van der Waals surface area contributed by atoms with E-state index in [1.54, 1.807) is 19.1 Å². The van der Waals surface area contributed by atoms with Crippen molar-refractivity contribution in [1.29, 1.82) is 0 Å². The number of ether oxygens (including phenoxy) is 4. The first-order valence-electron chi connectivity index (χ1n) is 10.1. The van der Waals surface area contributed by atoms with Crippen molar-refractivity contribution in [1.82, 2.24) is 10.6 Å². The number of hydrogen-bond acceptors (Lipinski definition) is 7. The van der Waals surface area contributed by atoms with E-state index in [-0.39, 0.29) is 13.2 Å². The summed E-state index contributed by atoms with van der Waals surface area (Å²) in [6.45, 7) is 2.10. The number of carbonyl (C=O) groups excluding carboxylic acids is 2. The topological polar surface area (TPSA) is 107 Å². The van der Waals surface area contributed by atoms with Crippen LogP contribution in [0.15, 0.2) is 53.7 Å². The summed E-state index contributed by atoms with van der Waals surface area (Å²) in [5, 5.41) is 8.75. The van der Waals surface area contributed by atoms with Crippen molar-refractivity contribution >= 4 is 17.7 Å². The molecule has 32 heavy (non-hydrogen) atoms. The van der Waals surface area contributed by atoms with Gasteiger partial charge in [-0.2, -0.15) is 0 Å². The second-order valence-corrected chi connectivity index (χ2v) is 6.82. The molecule has 1 heterocycles. The minimum Gasteiger partial charge on any atom is -0.493 e. The number of nitrogens with one attached hydrogen (secondary N) is 3. The Hall–Kier alpha value is -3.88. The molecule has 1 aliphatic heterocycles. The van der Waals surface area contributed by atoms with E-state index in [9.17, 15) is 9.59 Å². The second kappa shape index (κ2) is 10.4. The Bertz CT molecular complexity index is 981. The van der Waals surface area contributed by atoms with Gasteiger partial charge < -0.3 is 34.9 Å². The van der Waals surface area contributed by atoms with Crippen LogP contribution in [-0.2, 0) is 9.53 Å². The van der Waals surface area contributed by atoms with Crippen LogP contribution in [0.4, 0.5) is 10.5 Å². The molecule has 0 fully saturated rings. The molecule has 9 heteroatoms. The number of benzene rings is 2. The van der Waals surface area contributed by atoms with Crippen molar-refractivity contribution in [2.45, 2.75) is 13.0 Å². The predicted molar refractivity (Wildman–Crippen MR) is 119 cm³/mol. The van der Waals surface area contributed by atoms with Crippen LogP contribution < -0.4 is 30.2 Å². The fourth-order valence-electron chi connectivity index (χ4n) is 3.48. The molecule has 0 bridgehead atoms. The molecule has 2 amide bonds. The average Bonchev–Trinajstić information content (AvgIpc) is 2.82. The van der Waals surface area contributed by atoms with Crippen molar-refractivity contribution in [3.63, 3.8) is 0 Å². The molecule has 170 valence electrons. The standard InChI is InChI=1S/C23H27N3O6/c1-5-32-22(27)19-16(25-23(28)26-20(19)14-9-7-6-8-10-14)13-24-15-11-17(29-2)21(31-4)18(12-15)30-3/h6-12,20,24H,5,13H2,1-4H3,(H2,25,26,28)/t20-/m0/s1. The van der Waals surface area contributed by atoms with E-state index < -0.39 is 18.0 Å². The van der Waals surface area contributed by atoms with Gasteiger partial charge in [-0.1, -0.05) is 30.3 Å². The molecular weight excluding hydrogens is 414 g/mol. The van der Waals surface area contributed by atoms with Crippen LogP contribution in [0.3, 0.4) is 0 Å². The molecule has 0 unspecified atom stereocenters. The van der Waals surface area contributed by atoms with Crippen LogP contribution in [0, 0.1) is 0 Å². The molecule has 1 atom stereocenters. The average molecular weight is 441 g/mol. The molecule has 9 nitrogen and oxygen atoms in total. The van der Waals surface area contributed by atoms with Gasteiger partial charge in [-0.05, 0) is 12.5 Å². The maximum absolute atomic E-state index is 12.8. The lowest BCUT2D eigenvalue weighted by atomic mass is 9.95. The molecule has 0 saturated heterocycles. The fourth-order valence-corrected chi connectivity index (χ4v) is 3.48. The summed E-state index contributed by atoms with van der Waals surface area (Å²) in [5.41, 5.74) is 2.17. The quantitative estimate of drug-likeness (QED) is 0.514. The minimum atomic E-state index is -0.638. The summed E-state index contributed by atoms with van der Waals surface area (Å²) in [5.74, 6) is 0.915. The molecule has 2 aromatic carbocycles. The lowest BCUT2D eigenvalue weighted by molar-refractivity contribution is -0.139. The summed E-state index contributed by atoms with van der Waals surface area (Å²) >= 11 is 0. The molecule has 0 spiro atoms. The van der Waals surface area contributed by atoms with Crippen molar-refractivity contribution in [3.05, 3.63) is 59.3 Å². The van der Waals surface area contributed by atoms with E-state index in [0.717, 1.165) is 5.56 Å². The zero-order valence-electron chi connectivity index (χ0n) is 18.5. The predicted octanol–water partition coefficient (Wildman–Crippen LogP) is 3.00. The summed E-state index contributed by atoms with van der Waals surface area (Å²) in [7, 11) is 4.58. The smallest absolute Gasteiger partial charge is 0.338 e.